The Bertz CT molecular complexity index is 661. The lowest BCUT2D eigenvalue weighted by molar-refractivity contribution is 0.0956. The van der Waals surface area contributed by atoms with Crippen molar-refractivity contribution in [3.8, 4) is 0 Å². The van der Waals surface area contributed by atoms with Crippen LogP contribution in [0.2, 0.25) is 0 Å². The zero-order chi connectivity index (χ0) is 13.7. The van der Waals surface area contributed by atoms with Crippen molar-refractivity contribution < 1.29 is 9.90 Å². The zero-order valence-electron chi connectivity index (χ0n) is 10.9. The van der Waals surface area contributed by atoms with E-state index in [-0.39, 0.29) is 23.6 Å². The van der Waals surface area contributed by atoms with Crippen LogP contribution in [-0.2, 0) is 0 Å². The number of carbonyl (C=O) groups is 1. The first-order chi connectivity index (χ1) is 9.74. The summed E-state index contributed by atoms with van der Waals surface area (Å²) in [6, 6.07) is 9.88. The van der Waals surface area contributed by atoms with Crippen LogP contribution in [-0.4, -0.2) is 25.7 Å². The first-order valence-corrected chi connectivity index (χ1v) is 6.97. The number of nitrogens with zero attached hydrogens (tertiary/aromatic N) is 3. The van der Waals surface area contributed by atoms with Gasteiger partial charge >= 0.3 is 0 Å². The van der Waals surface area contributed by atoms with Gasteiger partial charge in [0.05, 0.1) is 6.04 Å². The predicted octanol–water partition coefficient (Wildman–Crippen LogP) is 1.90. The topological polar surface area (TPSA) is 68.0 Å². The van der Waals surface area contributed by atoms with Crippen LogP contribution in [0, 0.1) is 5.92 Å². The molecule has 0 radical (unpaired) electrons. The van der Waals surface area contributed by atoms with Crippen molar-refractivity contribution in [2.24, 2.45) is 5.92 Å². The Balaban J connectivity index is 1.72. The number of ketones is 1. The van der Waals surface area contributed by atoms with Gasteiger partial charge in [0.15, 0.2) is 5.82 Å². The van der Waals surface area contributed by atoms with Gasteiger partial charge in [-0.3, -0.25) is 4.79 Å². The minimum absolute atomic E-state index is 0.0194. The van der Waals surface area contributed by atoms with Gasteiger partial charge in [-0.2, -0.15) is 0 Å². The molecule has 1 saturated carbocycles. The lowest BCUT2D eigenvalue weighted by atomic mass is 10.0. The van der Waals surface area contributed by atoms with Gasteiger partial charge in [0.1, 0.15) is 6.10 Å². The molecule has 1 aromatic carbocycles. The summed E-state index contributed by atoms with van der Waals surface area (Å²) < 4.78 is 1.72. The lowest BCUT2D eigenvalue weighted by Crippen LogP contribution is -2.10. The van der Waals surface area contributed by atoms with Crippen LogP contribution in [0.3, 0.4) is 0 Å². The number of Topliss-reactive ketones (excluding diaryl/α,β-unsaturated/α-hetero) is 1. The van der Waals surface area contributed by atoms with E-state index >= 15 is 0 Å². The number of hydrogen-bond acceptors (Lipinski definition) is 4. The van der Waals surface area contributed by atoms with E-state index < -0.39 is 6.10 Å². The predicted molar refractivity (Wildman–Crippen MR) is 71.2 cm³/mol. The quantitative estimate of drug-likeness (QED) is 0.864. The van der Waals surface area contributed by atoms with Crippen molar-refractivity contribution in [1.29, 1.82) is 0 Å². The highest BCUT2D eigenvalue weighted by molar-refractivity contribution is 5.95. The van der Waals surface area contributed by atoms with E-state index in [1.165, 1.54) is 0 Å². The third-order valence-corrected chi connectivity index (χ3v) is 4.05. The van der Waals surface area contributed by atoms with Gasteiger partial charge in [-0.25, -0.2) is 9.67 Å². The van der Waals surface area contributed by atoms with Gasteiger partial charge in [-0.1, -0.05) is 30.3 Å². The molecule has 4 rings (SSSR count). The summed E-state index contributed by atoms with van der Waals surface area (Å²) in [5.41, 5.74) is 1.08. The Kier molecular flexibility index (Phi) is 2.50. The Morgan fingerprint density at radius 1 is 1.25 bits per heavy atom. The molecule has 5 heteroatoms. The van der Waals surface area contributed by atoms with E-state index in [0.717, 1.165) is 18.4 Å². The fourth-order valence-electron chi connectivity index (χ4n) is 2.79. The van der Waals surface area contributed by atoms with E-state index in [4.69, 9.17) is 0 Å². The summed E-state index contributed by atoms with van der Waals surface area (Å²) in [5.74, 6) is 0.904. The highest BCUT2D eigenvalue weighted by atomic mass is 16.3. The average Bonchev–Trinajstić information content (AvgIpc) is 3.15. The van der Waals surface area contributed by atoms with E-state index in [9.17, 15) is 9.90 Å². The summed E-state index contributed by atoms with van der Waals surface area (Å²) in [6.45, 7) is 0. The first-order valence-electron chi connectivity index (χ1n) is 6.97. The fraction of sp³-hybridized carbons (Fsp3) is 0.400. The van der Waals surface area contributed by atoms with Gasteiger partial charge in [0, 0.05) is 12.3 Å². The van der Waals surface area contributed by atoms with Gasteiger partial charge in [-0.15, -0.1) is 5.10 Å². The second-order valence-corrected chi connectivity index (χ2v) is 5.55. The Morgan fingerprint density at radius 3 is 2.70 bits per heavy atom. The van der Waals surface area contributed by atoms with E-state index in [1.54, 1.807) is 4.68 Å². The lowest BCUT2D eigenvalue weighted by Gasteiger charge is -2.11. The second kappa shape index (κ2) is 4.24. The van der Waals surface area contributed by atoms with Gasteiger partial charge in [0.25, 0.3) is 0 Å². The Morgan fingerprint density at radius 2 is 2.00 bits per heavy atom. The SMILES string of the molecule is O=C(c1nc2n(n1)[C@H](c1ccccc1)C[C@H]2O)C1CC1. The monoisotopic (exact) mass is 269 g/mol. The standard InChI is InChI=1S/C15H15N3O2/c19-12-8-11(9-4-2-1-3-5-9)18-15(12)16-14(17-18)13(20)10-6-7-10/h1-5,10-12,19H,6-8H2/t11-,12+/m0/s1. The zero-order valence-corrected chi connectivity index (χ0v) is 10.9. The van der Waals surface area contributed by atoms with Crippen molar-refractivity contribution >= 4 is 5.78 Å². The van der Waals surface area contributed by atoms with Crippen molar-refractivity contribution in [2.75, 3.05) is 0 Å². The van der Waals surface area contributed by atoms with Crippen LogP contribution in [0.5, 0.6) is 0 Å². The molecule has 20 heavy (non-hydrogen) atoms. The molecule has 102 valence electrons. The minimum Gasteiger partial charge on any atom is -0.385 e. The maximum atomic E-state index is 12.0. The summed E-state index contributed by atoms with van der Waals surface area (Å²) >= 11 is 0. The minimum atomic E-state index is -0.645. The molecule has 1 aliphatic carbocycles. The molecule has 1 aliphatic heterocycles. The number of fused-ring (bicyclic) bond motifs is 1. The summed E-state index contributed by atoms with van der Waals surface area (Å²) in [5, 5.41) is 14.5. The van der Waals surface area contributed by atoms with Gasteiger partial charge in [0.2, 0.25) is 11.6 Å². The van der Waals surface area contributed by atoms with Gasteiger partial charge < -0.3 is 5.11 Å². The number of hydrogen-bond donors (Lipinski definition) is 1. The molecule has 2 heterocycles. The molecule has 2 aromatic rings. The molecule has 2 atom stereocenters. The molecule has 1 fully saturated rings. The Labute approximate surface area is 116 Å². The van der Waals surface area contributed by atoms with Crippen LogP contribution < -0.4 is 0 Å². The van der Waals surface area contributed by atoms with Crippen LogP contribution in [0.1, 0.15) is 53.4 Å². The van der Waals surface area contributed by atoms with E-state index in [2.05, 4.69) is 10.1 Å². The maximum Gasteiger partial charge on any atom is 0.217 e. The van der Waals surface area contributed by atoms with Crippen molar-refractivity contribution in [3.05, 3.63) is 47.5 Å². The third-order valence-electron chi connectivity index (χ3n) is 4.05. The largest absolute Gasteiger partial charge is 0.385 e. The molecular weight excluding hydrogens is 254 g/mol. The van der Waals surface area contributed by atoms with Crippen LogP contribution >= 0.6 is 0 Å². The summed E-state index contributed by atoms with van der Waals surface area (Å²) in [4.78, 5) is 16.3. The van der Waals surface area contributed by atoms with E-state index in [0.29, 0.717) is 12.2 Å². The molecule has 2 aliphatic rings. The van der Waals surface area contributed by atoms with Gasteiger partial charge in [-0.05, 0) is 18.4 Å². The Hall–Kier alpha value is -2.01. The molecule has 1 N–H and O–H groups in total. The molecule has 0 bridgehead atoms. The summed E-state index contributed by atoms with van der Waals surface area (Å²) in [7, 11) is 0. The van der Waals surface area contributed by atoms with Crippen LogP contribution in [0.4, 0.5) is 0 Å². The number of rotatable bonds is 3. The molecule has 0 spiro atoms. The van der Waals surface area contributed by atoms with Crippen molar-refractivity contribution in [3.63, 3.8) is 0 Å². The van der Waals surface area contributed by atoms with Crippen LogP contribution in [0.15, 0.2) is 30.3 Å². The molecule has 0 saturated heterocycles. The number of aliphatic hydroxyl groups excluding tert-OH is 1. The fourth-order valence-corrected chi connectivity index (χ4v) is 2.79. The van der Waals surface area contributed by atoms with Crippen molar-refractivity contribution in [2.45, 2.75) is 31.4 Å². The smallest absolute Gasteiger partial charge is 0.217 e. The number of carbonyl (C=O) groups excluding carboxylic acids is 1. The molecular formula is C15H15N3O2. The highest BCUT2D eigenvalue weighted by Gasteiger charge is 2.38. The maximum absolute atomic E-state index is 12.0. The third kappa shape index (κ3) is 1.78. The molecule has 0 amide bonds. The normalized spacial score (nSPS) is 24.6. The molecule has 5 nitrogen and oxygen atoms in total. The molecule has 0 unspecified atom stereocenters. The first kappa shape index (κ1) is 11.8. The number of benzene rings is 1. The van der Waals surface area contributed by atoms with Crippen LogP contribution in [0.25, 0.3) is 0 Å². The average molecular weight is 269 g/mol. The number of aliphatic hydroxyl groups is 1. The molecule has 1 aromatic heterocycles. The van der Waals surface area contributed by atoms with Crippen molar-refractivity contribution in [1.82, 2.24) is 14.8 Å². The second-order valence-electron chi connectivity index (χ2n) is 5.55. The van der Waals surface area contributed by atoms with E-state index in [1.807, 2.05) is 30.3 Å². The highest BCUT2D eigenvalue weighted by Crippen LogP contribution is 2.38. The summed E-state index contributed by atoms with van der Waals surface area (Å²) in [6.07, 6.45) is 1.80. The number of aromatic nitrogens is 3.